The van der Waals surface area contributed by atoms with E-state index in [4.69, 9.17) is 10.8 Å². The van der Waals surface area contributed by atoms with E-state index in [1.807, 2.05) is 13.8 Å². The fourth-order valence-electron chi connectivity index (χ4n) is 0.566. The Bertz CT molecular complexity index is 75.5. The normalized spacial score (nSPS) is 15.7. The van der Waals surface area contributed by atoms with E-state index in [2.05, 4.69) is 6.92 Å². The lowest BCUT2D eigenvalue weighted by Crippen LogP contribution is -2.39. The molecule has 2 heteroatoms. The Labute approximate surface area is 57.1 Å². The van der Waals surface area contributed by atoms with Gasteiger partial charge < -0.3 is 10.8 Å². The molecule has 0 spiro atoms. The number of hydrogen-bond donors (Lipinski definition) is 2. The van der Waals surface area contributed by atoms with Crippen molar-refractivity contribution in [3.05, 3.63) is 0 Å². The van der Waals surface area contributed by atoms with Crippen LogP contribution in [0.1, 0.15) is 27.2 Å². The molecule has 0 aromatic carbocycles. The summed E-state index contributed by atoms with van der Waals surface area (Å²) in [7, 11) is 0. The van der Waals surface area contributed by atoms with Gasteiger partial charge >= 0.3 is 0 Å². The Morgan fingerprint density at radius 3 is 2.11 bits per heavy atom. The lowest BCUT2D eigenvalue weighted by atomic mass is 9.88. The number of aliphatic hydroxyl groups excluding tert-OH is 1. The smallest absolute Gasteiger partial charge is 0.0434 e. The third-order valence-corrected chi connectivity index (χ3v) is 1.83. The molecule has 0 aromatic rings. The zero-order valence-corrected chi connectivity index (χ0v) is 6.52. The van der Waals surface area contributed by atoms with E-state index < -0.39 is 0 Å². The molecule has 0 aromatic heterocycles. The van der Waals surface area contributed by atoms with E-state index in [0.717, 1.165) is 6.42 Å². The van der Waals surface area contributed by atoms with Gasteiger partial charge in [-0.3, -0.25) is 0 Å². The van der Waals surface area contributed by atoms with Crippen LogP contribution in [0.5, 0.6) is 0 Å². The van der Waals surface area contributed by atoms with Crippen molar-refractivity contribution in [2.45, 2.75) is 32.7 Å². The predicted octanol–water partition coefficient (Wildman–Crippen LogP) is 0.742. The minimum absolute atomic E-state index is 0.150. The lowest BCUT2D eigenvalue weighted by molar-refractivity contribution is 0.224. The summed E-state index contributed by atoms with van der Waals surface area (Å²) < 4.78 is 0. The molecule has 2 nitrogen and oxygen atoms in total. The summed E-state index contributed by atoms with van der Waals surface area (Å²) in [5.41, 5.74) is 5.60. The van der Waals surface area contributed by atoms with Crippen LogP contribution in [0.2, 0.25) is 0 Å². The van der Waals surface area contributed by atoms with Crippen LogP contribution in [0.3, 0.4) is 0 Å². The number of aliphatic hydroxyl groups is 1. The van der Waals surface area contributed by atoms with Gasteiger partial charge in [0.15, 0.2) is 0 Å². The highest BCUT2D eigenvalue weighted by atomic mass is 16.3. The van der Waals surface area contributed by atoms with Gasteiger partial charge in [0.05, 0.1) is 0 Å². The summed E-state index contributed by atoms with van der Waals surface area (Å²) in [6.45, 7) is 6.25. The minimum atomic E-state index is -0.150. The Balaban J connectivity index is 3.59. The predicted molar refractivity (Wildman–Crippen MR) is 39.1 cm³/mol. The van der Waals surface area contributed by atoms with E-state index in [1.54, 1.807) is 0 Å². The molecule has 0 aliphatic carbocycles. The Hall–Kier alpha value is -0.0800. The first-order valence-electron chi connectivity index (χ1n) is 3.38. The highest BCUT2D eigenvalue weighted by molar-refractivity contribution is 4.78. The van der Waals surface area contributed by atoms with Crippen molar-refractivity contribution < 1.29 is 5.11 Å². The van der Waals surface area contributed by atoms with Crippen molar-refractivity contribution in [3.8, 4) is 0 Å². The van der Waals surface area contributed by atoms with Crippen LogP contribution in [0.4, 0.5) is 0 Å². The molecule has 3 N–H and O–H groups in total. The SMILES string of the molecule is C[C@@H](CCO)C(C)(C)N. The summed E-state index contributed by atoms with van der Waals surface area (Å²) in [5, 5.41) is 8.54. The number of hydrogen-bond acceptors (Lipinski definition) is 2. The molecule has 0 amide bonds. The molecule has 9 heavy (non-hydrogen) atoms. The van der Waals surface area contributed by atoms with E-state index >= 15 is 0 Å². The quantitative estimate of drug-likeness (QED) is 0.593. The highest BCUT2D eigenvalue weighted by Crippen LogP contribution is 2.15. The van der Waals surface area contributed by atoms with E-state index in [1.165, 1.54) is 0 Å². The van der Waals surface area contributed by atoms with Gasteiger partial charge in [-0.15, -0.1) is 0 Å². The zero-order valence-electron chi connectivity index (χ0n) is 6.52. The van der Waals surface area contributed by atoms with Gasteiger partial charge in [-0.1, -0.05) is 6.92 Å². The first kappa shape index (κ1) is 8.92. The molecule has 0 heterocycles. The van der Waals surface area contributed by atoms with Crippen LogP contribution < -0.4 is 5.73 Å². The molecule has 0 rings (SSSR count). The fraction of sp³-hybridized carbons (Fsp3) is 1.00. The summed E-state index contributed by atoms with van der Waals surface area (Å²) in [4.78, 5) is 0. The van der Waals surface area contributed by atoms with Crippen molar-refractivity contribution in [2.24, 2.45) is 11.7 Å². The molecule has 1 atom stereocenters. The third kappa shape index (κ3) is 3.49. The number of rotatable bonds is 3. The zero-order chi connectivity index (χ0) is 7.49. The third-order valence-electron chi connectivity index (χ3n) is 1.83. The van der Waals surface area contributed by atoms with Crippen LogP contribution in [0.15, 0.2) is 0 Å². The van der Waals surface area contributed by atoms with Crippen LogP contribution >= 0.6 is 0 Å². The molecule has 0 bridgehead atoms. The van der Waals surface area contributed by atoms with Crippen LogP contribution in [-0.2, 0) is 0 Å². The second kappa shape index (κ2) is 3.18. The van der Waals surface area contributed by atoms with Crippen molar-refractivity contribution >= 4 is 0 Å². The number of nitrogens with two attached hydrogens (primary N) is 1. The van der Waals surface area contributed by atoms with Gasteiger partial charge in [0.25, 0.3) is 0 Å². The van der Waals surface area contributed by atoms with E-state index in [9.17, 15) is 0 Å². The lowest BCUT2D eigenvalue weighted by Gasteiger charge is -2.26. The molecule has 0 fully saturated rings. The van der Waals surface area contributed by atoms with Gasteiger partial charge in [0.2, 0.25) is 0 Å². The van der Waals surface area contributed by atoms with Crippen LogP contribution in [0, 0.1) is 5.92 Å². The Kier molecular flexibility index (Phi) is 3.15. The maximum atomic E-state index is 8.54. The van der Waals surface area contributed by atoms with Gasteiger partial charge in [0, 0.05) is 12.1 Å². The van der Waals surface area contributed by atoms with E-state index in [0.29, 0.717) is 5.92 Å². The summed E-state index contributed by atoms with van der Waals surface area (Å²) in [6, 6.07) is 0. The highest BCUT2D eigenvalue weighted by Gasteiger charge is 2.18. The van der Waals surface area contributed by atoms with Crippen molar-refractivity contribution in [1.29, 1.82) is 0 Å². The second-order valence-corrected chi connectivity index (χ2v) is 3.23. The molecule has 0 radical (unpaired) electrons. The van der Waals surface area contributed by atoms with Gasteiger partial charge in [-0.2, -0.15) is 0 Å². The van der Waals surface area contributed by atoms with Gasteiger partial charge in [-0.25, -0.2) is 0 Å². The average molecular weight is 131 g/mol. The molecule has 0 aliphatic rings. The molecular formula is C7H17NO. The van der Waals surface area contributed by atoms with Gasteiger partial charge in [-0.05, 0) is 26.2 Å². The molecule has 0 saturated carbocycles. The Morgan fingerprint density at radius 1 is 1.56 bits per heavy atom. The average Bonchev–Trinajstić information content (AvgIpc) is 1.64. The maximum absolute atomic E-state index is 8.54. The second-order valence-electron chi connectivity index (χ2n) is 3.23. The van der Waals surface area contributed by atoms with E-state index in [-0.39, 0.29) is 12.1 Å². The molecule has 0 unspecified atom stereocenters. The van der Waals surface area contributed by atoms with Crippen LogP contribution in [0.25, 0.3) is 0 Å². The summed E-state index contributed by atoms with van der Waals surface area (Å²) >= 11 is 0. The van der Waals surface area contributed by atoms with Crippen LogP contribution in [-0.4, -0.2) is 17.3 Å². The minimum Gasteiger partial charge on any atom is -0.396 e. The largest absolute Gasteiger partial charge is 0.396 e. The maximum Gasteiger partial charge on any atom is 0.0434 e. The van der Waals surface area contributed by atoms with Crippen molar-refractivity contribution in [3.63, 3.8) is 0 Å². The van der Waals surface area contributed by atoms with Gasteiger partial charge in [0.1, 0.15) is 0 Å². The summed E-state index contributed by atoms with van der Waals surface area (Å²) in [5.74, 6) is 0.391. The first-order chi connectivity index (χ1) is 3.98. The molecule has 0 aliphatic heterocycles. The monoisotopic (exact) mass is 131 g/mol. The standard InChI is InChI=1S/C7H17NO/c1-6(4-5-9)7(2,3)8/h6,9H,4-5,8H2,1-3H3/t6-/m0/s1. The summed E-state index contributed by atoms with van der Waals surface area (Å²) in [6.07, 6.45) is 0.795. The first-order valence-corrected chi connectivity index (χ1v) is 3.38. The Morgan fingerprint density at radius 2 is 2.00 bits per heavy atom. The topological polar surface area (TPSA) is 46.2 Å². The molecular weight excluding hydrogens is 114 g/mol. The fourth-order valence-corrected chi connectivity index (χ4v) is 0.566. The molecule has 56 valence electrons. The van der Waals surface area contributed by atoms with Crippen molar-refractivity contribution in [1.82, 2.24) is 0 Å². The van der Waals surface area contributed by atoms with Crippen molar-refractivity contribution in [2.75, 3.05) is 6.61 Å². The molecule has 0 saturated heterocycles.